The van der Waals surface area contributed by atoms with Gasteiger partial charge in [0, 0.05) is 0 Å². The van der Waals surface area contributed by atoms with Crippen molar-refractivity contribution in [3.63, 3.8) is 0 Å². The topological polar surface area (TPSA) is 0 Å². The zero-order chi connectivity index (χ0) is 6.08. The van der Waals surface area contributed by atoms with Gasteiger partial charge in [0.15, 0.2) is 0 Å². The van der Waals surface area contributed by atoms with Gasteiger partial charge < -0.3 is 0 Å². The second kappa shape index (κ2) is 2.22. The molecular weight excluding hydrogens is 101 g/mol. The lowest BCUT2D eigenvalue weighted by Gasteiger charge is -2.23. The highest BCUT2D eigenvalue weighted by molar-refractivity contribution is 7.19. The molecule has 4 radical (unpaired) electrons. The van der Waals surface area contributed by atoms with Gasteiger partial charge in [-0.2, -0.15) is 0 Å². The summed E-state index contributed by atoms with van der Waals surface area (Å²) >= 11 is 0. The third kappa shape index (κ3) is 3.17. The summed E-state index contributed by atoms with van der Waals surface area (Å²) in [5.74, 6) is 0. The molecule has 0 saturated heterocycles. The lowest BCUT2D eigenvalue weighted by atomic mass is 9.64. The van der Waals surface area contributed by atoms with E-state index in [0.717, 1.165) is 0 Å². The number of hydrogen-bond acceptors (Lipinski definition) is 0. The van der Waals surface area contributed by atoms with Crippen LogP contribution in [0.1, 0.15) is 13.8 Å². The monoisotopic (exact) mass is 110 g/mol. The van der Waals surface area contributed by atoms with Crippen LogP contribution in [0.4, 0.5) is 0 Å². The van der Waals surface area contributed by atoms with Gasteiger partial charge >= 0.3 is 0 Å². The average Bonchev–Trinajstić information content (AvgIpc) is 1.31. The van der Waals surface area contributed by atoms with Gasteiger partial charge in [-0.25, -0.2) is 0 Å². The minimum absolute atomic E-state index is 0.0278. The molecule has 0 aromatic heterocycles. The van der Waals surface area contributed by atoms with E-state index in [-0.39, 0.29) is 10.9 Å². The predicted molar refractivity (Wildman–Crippen MR) is 39.0 cm³/mol. The van der Waals surface area contributed by atoms with Crippen LogP contribution in [0.5, 0.6) is 0 Å². The summed E-state index contributed by atoms with van der Waals surface area (Å²) in [5.41, 5.74) is -0.238. The summed E-state index contributed by atoms with van der Waals surface area (Å²) < 4.78 is 0. The first-order valence-electron chi connectivity index (χ1n) is 2.24. The molecule has 1 unspecified atom stereocenters. The highest BCUT2D eigenvalue weighted by atomic mass is 31.0. The Kier molecular flexibility index (Phi) is 2.40. The van der Waals surface area contributed by atoms with Gasteiger partial charge in [-0.15, -0.1) is 15.0 Å². The van der Waals surface area contributed by atoms with Crippen molar-refractivity contribution in [1.29, 1.82) is 0 Å². The first-order chi connectivity index (χ1) is 2.94. The highest BCUT2D eigenvalue weighted by Gasteiger charge is 2.13. The van der Waals surface area contributed by atoms with Crippen molar-refractivity contribution in [3.05, 3.63) is 0 Å². The molecule has 36 valence electrons. The Labute approximate surface area is 50.5 Å². The largest absolute Gasteiger partial charge is 0.133 e. The smallest absolute Gasteiger partial charge is 0.0587 e. The average molecular weight is 110 g/mol. The van der Waals surface area contributed by atoms with E-state index in [2.05, 4.69) is 9.24 Å². The lowest BCUT2D eigenvalue weighted by molar-refractivity contribution is 0.765. The summed E-state index contributed by atoms with van der Waals surface area (Å²) in [6, 6.07) is 0. The molecule has 0 aliphatic rings. The second-order valence-electron chi connectivity index (χ2n) is 2.35. The van der Waals surface area contributed by atoms with Crippen molar-refractivity contribution < 1.29 is 0 Å². The Bertz CT molecular complexity index is 55.2. The lowest BCUT2D eigenvalue weighted by Crippen LogP contribution is -2.18. The van der Waals surface area contributed by atoms with Gasteiger partial charge in [-0.1, -0.05) is 13.8 Å². The van der Waals surface area contributed by atoms with Gasteiger partial charge in [-0.05, 0) is 5.16 Å². The maximum absolute atomic E-state index is 5.33. The molecule has 0 spiro atoms. The molecule has 0 heterocycles. The van der Waals surface area contributed by atoms with Gasteiger partial charge in [0.1, 0.15) is 0 Å². The molecular formula is C4H9B2P. The number of rotatable bonds is 1. The Morgan fingerprint density at radius 2 is 1.57 bits per heavy atom. The second-order valence-corrected chi connectivity index (χ2v) is 3.84. The molecule has 0 amide bonds. The minimum atomic E-state index is -0.238. The van der Waals surface area contributed by atoms with Gasteiger partial charge in [0.2, 0.25) is 0 Å². The Morgan fingerprint density at radius 1 is 1.43 bits per heavy atom. The quantitative estimate of drug-likeness (QED) is 0.344. The van der Waals surface area contributed by atoms with E-state index < -0.39 is 0 Å². The standard InChI is InChI=1S/C4H9B2P/c1-4(2,7)3(5)6/h3H,7H2,1-2H3. The molecule has 1 atom stereocenters. The predicted octanol–water partition coefficient (Wildman–Crippen LogP) is 0.723. The van der Waals surface area contributed by atoms with Gasteiger partial charge in [-0.3, -0.25) is 0 Å². The molecule has 0 aromatic carbocycles. The van der Waals surface area contributed by atoms with Crippen molar-refractivity contribution in [2.24, 2.45) is 0 Å². The molecule has 3 heteroatoms. The third-order valence-corrected chi connectivity index (χ3v) is 1.24. The van der Waals surface area contributed by atoms with Crippen molar-refractivity contribution in [2.75, 3.05) is 0 Å². The van der Waals surface area contributed by atoms with Crippen molar-refractivity contribution in [1.82, 2.24) is 0 Å². The van der Waals surface area contributed by atoms with Crippen LogP contribution in [0, 0.1) is 0 Å². The fraction of sp³-hybridized carbons (Fsp3) is 1.00. The van der Waals surface area contributed by atoms with Gasteiger partial charge in [0.25, 0.3) is 0 Å². The summed E-state index contributed by atoms with van der Waals surface area (Å²) in [6.45, 7) is 3.95. The molecule has 0 bridgehead atoms. The van der Waals surface area contributed by atoms with E-state index in [1.54, 1.807) is 0 Å². The van der Waals surface area contributed by atoms with E-state index in [9.17, 15) is 0 Å². The summed E-state index contributed by atoms with van der Waals surface area (Å²) in [5, 5.41) is -0.0278. The van der Waals surface area contributed by atoms with Crippen LogP contribution in [-0.2, 0) is 0 Å². The van der Waals surface area contributed by atoms with E-state index in [1.165, 1.54) is 0 Å². The SMILES string of the molecule is [B]C([B])C(C)(C)P. The van der Waals surface area contributed by atoms with Crippen LogP contribution < -0.4 is 0 Å². The molecule has 0 fully saturated rings. The molecule has 0 rings (SSSR count). The van der Waals surface area contributed by atoms with E-state index in [4.69, 9.17) is 15.7 Å². The Morgan fingerprint density at radius 3 is 1.57 bits per heavy atom. The van der Waals surface area contributed by atoms with Crippen molar-refractivity contribution in [3.8, 4) is 0 Å². The van der Waals surface area contributed by atoms with Crippen LogP contribution in [0.2, 0.25) is 5.72 Å². The van der Waals surface area contributed by atoms with Crippen molar-refractivity contribution in [2.45, 2.75) is 24.7 Å². The van der Waals surface area contributed by atoms with Crippen molar-refractivity contribution >= 4 is 24.9 Å². The first-order valence-corrected chi connectivity index (χ1v) is 2.82. The zero-order valence-corrected chi connectivity index (χ0v) is 5.96. The molecule has 0 nitrogen and oxygen atoms in total. The highest BCUT2D eigenvalue weighted by Crippen LogP contribution is 2.25. The van der Waals surface area contributed by atoms with Crippen LogP contribution in [-0.4, -0.2) is 20.8 Å². The number of hydrogen-bond donors (Lipinski definition) is 0. The van der Waals surface area contributed by atoms with E-state index in [1.807, 2.05) is 13.8 Å². The summed E-state index contributed by atoms with van der Waals surface area (Å²) in [7, 11) is 13.2. The fourth-order valence-corrected chi connectivity index (χ4v) is 0. The van der Waals surface area contributed by atoms with E-state index >= 15 is 0 Å². The molecule has 7 heavy (non-hydrogen) atoms. The fourth-order valence-electron chi connectivity index (χ4n) is 0. The molecule has 0 aromatic rings. The third-order valence-electron chi connectivity index (χ3n) is 0.859. The molecule has 0 N–H and O–H groups in total. The van der Waals surface area contributed by atoms with Crippen LogP contribution in [0.25, 0.3) is 0 Å². The summed E-state index contributed by atoms with van der Waals surface area (Å²) in [4.78, 5) is 0. The van der Waals surface area contributed by atoms with Crippen LogP contribution >= 0.6 is 9.24 Å². The zero-order valence-electron chi connectivity index (χ0n) is 4.81. The Balaban J connectivity index is 3.54. The summed E-state index contributed by atoms with van der Waals surface area (Å²) in [6.07, 6.45) is 0. The van der Waals surface area contributed by atoms with Gasteiger partial charge in [0.05, 0.1) is 15.7 Å². The molecule has 0 aliphatic carbocycles. The maximum Gasteiger partial charge on any atom is 0.0587 e. The molecule has 0 aliphatic heterocycles. The molecule has 0 saturated carbocycles. The van der Waals surface area contributed by atoms with E-state index in [0.29, 0.717) is 0 Å². The Hall–Kier alpha value is 0.560. The van der Waals surface area contributed by atoms with Crippen LogP contribution in [0.15, 0.2) is 0 Å². The van der Waals surface area contributed by atoms with Crippen LogP contribution in [0.3, 0.4) is 0 Å². The normalized spacial score (nSPS) is 12.6. The maximum atomic E-state index is 5.33. The first kappa shape index (κ1) is 7.56. The minimum Gasteiger partial charge on any atom is -0.133 e.